The Bertz CT molecular complexity index is 235. The molecule has 0 saturated heterocycles. The molecule has 14 heavy (non-hydrogen) atoms. The lowest BCUT2D eigenvalue weighted by molar-refractivity contribution is 0.282. The van der Waals surface area contributed by atoms with Crippen molar-refractivity contribution in [1.29, 1.82) is 0 Å². The van der Waals surface area contributed by atoms with E-state index < -0.39 is 0 Å². The maximum Gasteiger partial charge on any atom is 0.0556 e. The molecule has 1 rings (SSSR count). The standard InChI is InChI=1S/C12H19NO/c1-2-12(13-8-9-14)10-11-6-4-3-5-7-11/h3-7,12-14H,2,8-10H2,1H3/t12-/m0/s1. The Balaban J connectivity index is 2.40. The Morgan fingerprint density at radius 3 is 2.57 bits per heavy atom. The monoisotopic (exact) mass is 193 g/mol. The number of aliphatic hydroxyl groups excluding tert-OH is 1. The van der Waals surface area contributed by atoms with Crippen molar-refractivity contribution in [2.75, 3.05) is 13.2 Å². The van der Waals surface area contributed by atoms with Crippen LogP contribution in [0.4, 0.5) is 0 Å². The van der Waals surface area contributed by atoms with E-state index in [1.54, 1.807) is 0 Å². The molecular weight excluding hydrogens is 174 g/mol. The van der Waals surface area contributed by atoms with Crippen molar-refractivity contribution in [3.05, 3.63) is 35.9 Å². The van der Waals surface area contributed by atoms with Crippen LogP contribution in [-0.2, 0) is 6.42 Å². The number of hydrogen-bond acceptors (Lipinski definition) is 2. The fourth-order valence-corrected chi connectivity index (χ4v) is 1.53. The summed E-state index contributed by atoms with van der Waals surface area (Å²) in [6, 6.07) is 10.9. The van der Waals surface area contributed by atoms with Crippen LogP contribution in [0.15, 0.2) is 30.3 Å². The maximum absolute atomic E-state index is 8.71. The first kappa shape index (κ1) is 11.2. The predicted molar refractivity (Wildman–Crippen MR) is 59.3 cm³/mol. The van der Waals surface area contributed by atoms with Gasteiger partial charge in [0.25, 0.3) is 0 Å². The molecule has 0 radical (unpaired) electrons. The summed E-state index contributed by atoms with van der Waals surface area (Å²) in [6.07, 6.45) is 2.13. The molecule has 1 aromatic carbocycles. The molecular formula is C12H19NO. The number of aliphatic hydroxyl groups is 1. The van der Waals surface area contributed by atoms with E-state index in [9.17, 15) is 0 Å². The zero-order valence-corrected chi connectivity index (χ0v) is 8.74. The van der Waals surface area contributed by atoms with Crippen LogP contribution in [0.2, 0.25) is 0 Å². The molecule has 0 aliphatic rings. The van der Waals surface area contributed by atoms with Crippen molar-refractivity contribution < 1.29 is 5.11 Å². The molecule has 0 spiro atoms. The minimum Gasteiger partial charge on any atom is -0.395 e. The summed E-state index contributed by atoms with van der Waals surface area (Å²) < 4.78 is 0. The van der Waals surface area contributed by atoms with Gasteiger partial charge in [-0.25, -0.2) is 0 Å². The average molecular weight is 193 g/mol. The quantitative estimate of drug-likeness (QED) is 0.719. The number of benzene rings is 1. The van der Waals surface area contributed by atoms with Gasteiger partial charge in [-0.05, 0) is 18.4 Å². The van der Waals surface area contributed by atoms with E-state index in [1.807, 2.05) is 6.07 Å². The van der Waals surface area contributed by atoms with Crippen molar-refractivity contribution in [2.24, 2.45) is 0 Å². The Morgan fingerprint density at radius 1 is 1.29 bits per heavy atom. The summed E-state index contributed by atoms with van der Waals surface area (Å²) in [5.41, 5.74) is 1.35. The molecule has 0 fully saturated rings. The van der Waals surface area contributed by atoms with Crippen molar-refractivity contribution >= 4 is 0 Å². The first-order chi connectivity index (χ1) is 6.86. The van der Waals surface area contributed by atoms with E-state index in [1.165, 1.54) is 5.56 Å². The fourth-order valence-electron chi connectivity index (χ4n) is 1.53. The third kappa shape index (κ3) is 3.90. The number of hydrogen-bond donors (Lipinski definition) is 2. The highest BCUT2D eigenvalue weighted by atomic mass is 16.3. The zero-order valence-electron chi connectivity index (χ0n) is 8.74. The topological polar surface area (TPSA) is 32.3 Å². The molecule has 0 aliphatic heterocycles. The number of rotatable bonds is 6. The van der Waals surface area contributed by atoms with Crippen molar-refractivity contribution in [2.45, 2.75) is 25.8 Å². The normalized spacial score (nSPS) is 12.7. The summed E-state index contributed by atoms with van der Waals surface area (Å²) in [7, 11) is 0. The van der Waals surface area contributed by atoms with Gasteiger partial charge in [-0.3, -0.25) is 0 Å². The molecule has 2 N–H and O–H groups in total. The van der Waals surface area contributed by atoms with Crippen LogP contribution in [0.5, 0.6) is 0 Å². The van der Waals surface area contributed by atoms with E-state index >= 15 is 0 Å². The molecule has 0 aliphatic carbocycles. The summed E-state index contributed by atoms with van der Waals surface area (Å²) in [4.78, 5) is 0. The Kier molecular flexibility index (Phi) is 5.27. The van der Waals surface area contributed by atoms with Gasteiger partial charge >= 0.3 is 0 Å². The molecule has 1 atom stereocenters. The molecule has 0 bridgehead atoms. The van der Waals surface area contributed by atoms with Crippen LogP contribution in [0.3, 0.4) is 0 Å². The van der Waals surface area contributed by atoms with E-state index in [0.717, 1.165) is 12.8 Å². The summed E-state index contributed by atoms with van der Waals surface area (Å²) in [6.45, 7) is 3.06. The molecule has 1 aromatic rings. The predicted octanol–water partition coefficient (Wildman–Crippen LogP) is 1.59. The van der Waals surface area contributed by atoms with E-state index in [-0.39, 0.29) is 6.61 Å². The smallest absolute Gasteiger partial charge is 0.0556 e. The van der Waals surface area contributed by atoms with Gasteiger partial charge in [0.15, 0.2) is 0 Å². The Morgan fingerprint density at radius 2 is 2.00 bits per heavy atom. The van der Waals surface area contributed by atoms with Gasteiger partial charge in [0.05, 0.1) is 6.61 Å². The van der Waals surface area contributed by atoms with Gasteiger partial charge in [0, 0.05) is 12.6 Å². The molecule has 0 aromatic heterocycles. The summed E-state index contributed by atoms with van der Waals surface area (Å²) >= 11 is 0. The van der Waals surface area contributed by atoms with Crippen LogP contribution in [-0.4, -0.2) is 24.3 Å². The maximum atomic E-state index is 8.71. The van der Waals surface area contributed by atoms with Crippen molar-refractivity contribution in [1.82, 2.24) is 5.32 Å². The lowest BCUT2D eigenvalue weighted by atomic mass is 10.0. The molecule has 2 heteroatoms. The highest BCUT2D eigenvalue weighted by Crippen LogP contribution is 2.04. The molecule has 2 nitrogen and oxygen atoms in total. The highest BCUT2D eigenvalue weighted by molar-refractivity contribution is 5.15. The Hall–Kier alpha value is -0.860. The first-order valence-electron chi connectivity index (χ1n) is 5.25. The summed E-state index contributed by atoms with van der Waals surface area (Å²) in [5, 5.41) is 12.0. The SMILES string of the molecule is CC[C@@H](Cc1ccccc1)NCCO. The largest absolute Gasteiger partial charge is 0.395 e. The van der Waals surface area contributed by atoms with Crippen molar-refractivity contribution in [3.8, 4) is 0 Å². The second-order valence-electron chi connectivity index (χ2n) is 3.47. The third-order valence-corrected chi connectivity index (χ3v) is 2.36. The third-order valence-electron chi connectivity index (χ3n) is 2.36. The van der Waals surface area contributed by atoms with Crippen LogP contribution in [0.1, 0.15) is 18.9 Å². The van der Waals surface area contributed by atoms with Gasteiger partial charge < -0.3 is 10.4 Å². The van der Waals surface area contributed by atoms with Crippen LogP contribution >= 0.6 is 0 Å². The molecule has 0 amide bonds. The van der Waals surface area contributed by atoms with Gasteiger partial charge in [-0.1, -0.05) is 37.3 Å². The lowest BCUT2D eigenvalue weighted by Gasteiger charge is -2.16. The summed E-state index contributed by atoms with van der Waals surface area (Å²) in [5.74, 6) is 0. The minimum absolute atomic E-state index is 0.214. The molecule has 78 valence electrons. The van der Waals surface area contributed by atoms with Crippen LogP contribution in [0.25, 0.3) is 0 Å². The second-order valence-corrected chi connectivity index (χ2v) is 3.47. The van der Waals surface area contributed by atoms with E-state index in [4.69, 9.17) is 5.11 Å². The highest BCUT2D eigenvalue weighted by Gasteiger charge is 2.05. The number of nitrogens with one attached hydrogen (secondary N) is 1. The molecule has 0 heterocycles. The van der Waals surface area contributed by atoms with Crippen LogP contribution in [0, 0.1) is 0 Å². The molecule has 0 unspecified atom stereocenters. The van der Waals surface area contributed by atoms with E-state index in [2.05, 4.69) is 36.5 Å². The first-order valence-corrected chi connectivity index (χ1v) is 5.25. The van der Waals surface area contributed by atoms with Gasteiger partial charge in [0.1, 0.15) is 0 Å². The van der Waals surface area contributed by atoms with Crippen LogP contribution < -0.4 is 5.32 Å². The molecule has 0 saturated carbocycles. The zero-order chi connectivity index (χ0) is 10.2. The van der Waals surface area contributed by atoms with Gasteiger partial charge in [0.2, 0.25) is 0 Å². The average Bonchev–Trinajstić information content (AvgIpc) is 2.25. The fraction of sp³-hybridized carbons (Fsp3) is 0.500. The lowest BCUT2D eigenvalue weighted by Crippen LogP contribution is -2.32. The van der Waals surface area contributed by atoms with Gasteiger partial charge in [-0.15, -0.1) is 0 Å². The Labute approximate surface area is 86.0 Å². The van der Waals surface area contributed by atoms with E-state index in [0.29, 0.717) is 12.6 Å². The second kappa shape index (κ2) is 6.57. The minimum atomic E-state index is 0.214. The van der Waals surface area contributed by atoms with Gasteiger partial charge in [-0.2, -0.15) is 0 Å². The van der Waals surface area contributed by atoms with Crippen molar-refractivity contribution in [3.63, 3.8) is 0 Å².